The van der Waals surface area contributed by atoms with Gasteiger partial charge in [-0.15, -0.1) is 4.73 Å². The molecule has 3 rings (SSSR count). The van der Waals surface area contributed by atoms with Crippen molar-refractivity contribution in [2.45, 2.75) is 26.4 Å². The lowest BCUT2D eigenvalue weighted by atomic mass is 10.2. The normalized spacial score (nSPS) is 11.4. The second-order valence-electron chi connectivity index (χ2n) is 6.14. The molecule has 0 aliphatic rings. The van der Waals surface area contributed by atoms with Crippen molar-refractivity contribution in [1.29, 1.82) is 0 Å². The first-order valence-corrected chi connectivity index (χ1v) is 7.38. The highest BCUT2D eigenvalue weighted by Crippen LogP contribution is 2.23. The molecule has 5 nitrogen and oxygen atoms in total. The van der Waals surface area contributed by atoms with Crippen molar-refractivity contribution in [3.63, 3.8) is 0 Å². The summed E-state index contributed by atoms with van der Waals surface area (Å²) in [5, 5.41) is 0. The number of aromatic nitrogens is 2. The standard InChI is InChI=1S/C18H18N2O3/c1-18(2,3)22-17(21)23-20-15-12-8-7-11-14(15)19-16(20)13-9-5-4-6-10-13/h4-12H,1-3H3. The van der Waals surface area contributed by atoms with Gasteiger partial charge in [0.1, 0.15) is 11.1 Å². The molecule has 1 heterocycles. The smallest absolute Gasteiger partial charge is 0.427 e. The molecule has 118 valence electrons. The fourth-order valence-electron chi connectivity index (χ4n) is 2.21. The van der Waals surface area contributed by atoms with Crippen LogP contribution in [0, 0.1) is 0 Å². The summed E-state index contributed by atoms with van der Waals surface area (Å²) in [5.41, 5.74) is 1.68. The summed E-state index contributed by atoms with van der Waals surface area (Å²) in [5.74, 6) is 0.553. The van der Waals surface area contributed by atoms with Gasteiger partial charge in [-0.05, 0) is 32.9 Å². The number of hydrogen-bond acceptors (Lipinski definition) is 4. The first kappa shape index (κ1) is 15.1. The molecule has 0 bridgehead atoms. The first-order chi connectivity index (χ1) is 10.9. The van der Waals surface area contributed by atoms with Gasteiger partial charge in [0.2, 0.25) is 0 Å². The Kier molecular flexibility index (Phi) is 3.78. The lowest BCUT2D eigenvalue weighted by molar-refractivity contribution is -0.00823. The maximum absolute atomic E-state index is 12.1. The number of benzene rings is 2. The zero-order chi connectivity index (χ0) is 16.4. The summed E-state index contributed by atoms with van der Waals surface area (Å²) < 4.78 is 6.66. The average Bonchev–Trinajstić information content (AvgIpc) is 2.85. The van der Waals surface area contributed by atoms with Crippen LogP contribution in [0.4, 0.5) is 4.79 Å². The molecule has 0 unspecified atom stereocenters. The van der Waals surface area contributed by atoms with E-state index in [-0.39, 0.29) is 0 Å². The van der Waals surface area contributed by atoms with Crippen LogP contribution in [0.5, 0.6) is 0 Å². The van der Waals surface area contributed by atoms with E-state index >= 15 is 0 Å². The minimum Gasteiger partial charge on any atom is -0.427 e. The minimum absolute atomic E-state index is 0.553. The Bertz CT molecular complexity index is 832. The molecule has 0 fully saturated rings. The Morgan fingerprint density at radius 2 is 1.65 bits per heavy atom. The van der Waals surface area contributed by atoms with E-state index in [4.69, 9.17) is 9.57 Å². The summed E-state index contributed by atoms with van der Waals surface area (Å²) in [6.07, 6.45) is -0.766. The lowest BCUT2D eigenvalue weighted by Crippen LogP contribution is -2.30. The summed E-state index contributed by atoms with van der Waals surface area (Å²) in [7, 11) is 0. The molecule has 0 spiro atoms. The Balaban J connectivity index is 2.05. The number of fused-ring (bicyclic) bond motifs is 1. The molecular formula is C18H18N2O3. The van der Waals surface area contributed by atoms with Crippen LogP contribution in [0.25, 0.3) is 22.4 Å². The van der Waals surface area contributed by atoms with Gasteiger partial charge >= 0.3 is 6.16 Å². The Morgan fingerprint density at radius 1 is 1.00 bits per heavy atom. The van der Waals surface area contributed by atoms with E-state index in [2.05, 4.69) is 4.98 Å². The van der Waals surface area contributed by atoms with Crippen LogP contribution in [0.1, 0.15) is 20.8 Å². The zero-order valence-electron chi connectivity index (χ0n) is 13.3. The minimum atomic E-state index is -0.766. The van der Waals surface area contributed by atoms with Gasteiger partial charge in [-0.2, -0.15) is 0 Å². The molecule has 0 N–H and O–H groups in total. The van der Waals surface area contributed by atoms with Gasteiger partial charge in [0, 0.05) is 5.56 Å². The fraction of sp³-hybridized carbons (Fsp3) is 0.222. The highest BCUT2D eigenvalue weighted by molar-refractivity contribution is 5.81. The molecule has 23 heavy (non-hydrogen) atoms. The van der Waals surface area contributed by atoms with E-state index in [0.717, 1.165) is 11.1 Å². The monoisotopic (exact) mass is 310 g/mol. The van der Waals surface area contributed by atoms with Gasteiger partial charge in [-0.1, -0.05) is 42.5 Å². The van der Waals surface area contributed by atoms with Crippen molar-refractivity contribution in [1.82, 2.24) is 9.71 Å². The van der Waals surface area contributed by atoms with Crippen molar-refractivity contribution in [3.05, 3.63) is 54.6 Å². The third-order valence-electron chi connectivity index (χ3n) is 3.11. The number of hydrogen-bond donors (Lipinski definition) is 0. The highest BCUT2D eigenvalue weighted by atomic mass is 16.8. The Morgan fingerprint density at radius 3 is 2.35 bits per heavy atom. The van der Waals surface area contributed by atoms with Crippen LogP contribution in [0.3, 0.4) is 0 Å². The number of carbonyl (C=O) groups is 1. The van der Waals surface area contributed by atoms with E-state index in [1.54, 1.807) is 20.8 Å². The zero-order valence-corrected chi connectivity index (χ0v) is 13.3. The van der Waals surface area contributed by atoms with Gasteiger partial charge in [0.25, 0.3) is 0 Å². The number of rotatable bonds is 2. The van der Waals surface area contributed by atoms with Gasteiger partial charge < -0.3 is 4.74 Å². The molecule has 0 atom stereocenters. The molecule has 5 heteroatoms. The van der Waals surface area contributed by atoms with E-state index < -0.39 is 11.8 Å². The number of nitrogens with zero attached hydrogens (tertiary/aromatic N) is 2. The fourth-order valence-corrected chi connectivity index (χ4v) is 2.21. The van der Waals surface area contributed by atoms with Crippen LogP contribution in [-0.4, -0.2) is 21.5 Å². The first-order valence-electron chi connectivity index (χ1n) is 7.38. The molecule has 0 aliphatic heterocycles. The van der Waals surface area contributed by atoms with Crippen LogP contribution in [0.2, 0.25) is 0 Å². The average molecular weight is 310 g/mol. The van der Waals surface area contributed by atoms with Gasteiger partial charge in [0.05, 0.1) is 5.52 Å². The lowest BCUT2D eigenvalue weighted by Gasteiger charge is -2.19. The van der Waals surface area contributed by atoms with Gasteiger partial charge in [-0.3, -0.25) is 4.84 Å². The van der Waals surface area contributed by atoms with Crippen molar-refractivity contribution in [3.8, 4) is 11.4 Å². The maximum Gasteiger partial charge on any atom is 0.534 e. The van der Waals surface area contributed by atoms with E-state index in [1.165, 1.54) is 4.73 Å². The second-order valence-corrected chi connectivity index (χ2v) is 6.14. The predicted octanol–water partition coefficient (Wildman–Crippen LogP) is 4.07. The Hall–Kier alpha value is -2.82. The molecule has 0 saturated heterocycles. The van der Waals surface area contributed by atoms with E-state index in [0.29, 0.717) is 11.3 Å². The van der Waals surface area contributed by atoms with Crippen LogP contribution in [0.15, 0.2) is 54.6 Å². The predicted molar refractivity (Wildman–Crippen MR) is 88.0 cm³/mol. The second kappa shape index (κ2) is 5.76. The summed E-state index contributed by atoms with van der Waals surface area (Å²) in [4.78, 5) is 22.0. The number of ether oxygens (including phenoxy) is 1. The molecular weight excluding hydrogens is 292 g/mol. The SMILES string of the molecule is CC(C)(C)OC(=O)On1c(-c2ccccc2)nc2ccccc21. The van der Waals surface area contributed by atoms with Crippen LogP contribution >= 0.6 is 0 Å². The highest BCUT2D eigenvalue weighted by Gasteiger charge is 2.21. The van der Waals surface area contributed by atoms with Crippen molar-refractivity contribution >= 4 is 17.2 Å². The summed E-state index contributed by atoms with van der Waals surface area (Å²) >= 11 is 0. The number of para-hydroxylation sites is 2. The largest absolute Gasteiger partial charge is 0.534 e. The summed E-state index contributed by atoms with van der Waals surface area (Å²) in [6.45, 7) is 5.37. The molecule has 2 aromatic carbocycles. The van der Waals surface area contributed by atoms with Crippen molar-refractivity contribution < 1.29 is 14.4 Å². The Labute approximate surface area is 134 Å². The molecule has 3 aromatic rings. The third kappa shape index (κ3) is 3.34. The van der Waals surface area contributed by atoms with Gasteiger partial charge in [-0.25, -0.2) is 9.78 Å². The molecule has 0 radical (unpaired) electrons. The molecule has 0 saturated carbocycles. The number of carbonyl (C=O) groups excluding carboxylic acids is 1. The van der Waals surface area contributed by atoms with Crippen molar-refractivity contribution in [2.75, 3.05) is 0 Å². The topological polar surface area (TPSA) is 53.4 Å². The van der Waals surface area contributed by atoms with Crippen LogP contribution < -0.4 is 4.84 Å². The maximum atomic E-state index is 12.1. The van der Waals surface area contributed by atoms with E-state index in [1.807, 2.05) is 54.6 Å². The van der Waals surface area contributed by atoms with Crippen molar-refractivity contribution in [2.24, 2.45) is 0 Å². The summed E-state index contributed by atoms with van der Waals surface area (Å²) in [6, 6.07) is 17.0. The molecule has 0 aliphatic carbocycles. The quantitative estimate of drug-likeness (QED) is 0.670. The third-order valence-corrected chi connectivity index (χ3v) is 3.11. The number of imidazole rings is 1. The molecule has 1 aromatic heterocycles. The van der Waals surface area contributed by atoms with Gasteiger partial charge in [0.15, 0.2) is 5.82 Å². The van der Waals surface area contributed by atoms with Crippen LogP contribution in [-0.2, 0) is 4.74 Å². The van der Waals surface area contributed by atoms with E-state index in [9.17, 15) is 4.79 Å². The molecule has 0 amide bonds.